The number of anilines is 1. The second kappa shape index (κ2) is 13.8. The van der Waals surface area contributed by atoms with Gasteiger partial charge in [0.05, 0.1) is 12.1 Å². The predicted octanol–water partition coefficient (Wildman–Crippen LogP) is 5.70. The molecule has 3 aromatic rings. The van der Waals surface area contributed by atoms with Crippen LogP contribution in [-0.4, -0.2) is 69.6 Å². The number of ether oxygens (including phenoxy) is 1. The molecule has 9 heteroatoms. The Morgan fingerprint density at radius 2 is 1.40 bits per heavy atom. The molecular weight excluding hydrogens is 606 g/mol. The summed E-state index contributed by atoms with van der Waals surface area (Å²) in [6.45, 7) is 0.0967. The molecular formula is C39H43N3O6. The minimum absolute atomic E-state index is 0.171. The van der Waals surface area contributed by atoms with Crippen LogP contribution in [0.2, 0.25) is 0 Å². The fraction of sp³-hybridized carbons (Fsp3) is 0.436. The largest absolute Gasteiger partial charge is 0.481 e. The third kappa shape index (κ3) is 6.55. The van der Waals surface area contributed by atoms with E-state index in [-0.39, 0.29) is 43.5 Å². The Labute approximate surface area is 281 Å². The van der Waals surface area contributed by atoms with E-state index in [1.165, 1.54) is 10.5 Å². The Bertz CT molecular complexity index is 1700. The molecule has 1 saturated carbocycles. The van der Waals surface area contributed by atoms with Gasteiger partial charge in [-0.25, -0.2) is 4.79 Å². The third-order valence-electron chi connectivity index (χ3n) is 10.7. The molecule has 0 bridgehead atoms. The van der Waals surface area contributed by atoms with Gasteiger partial charge in [-0.05, 0) is 85.3 Å². The molecule has 9 nitrogen and oxygen atoms in total. The number of carbonyl (C=O) groups is 4. The maximum absolute atomic E-state index is 14.9. The summed E-state index contributed by atoms with van der Waals surface area (Å²) in [5.74, 6) is -1.53. The Morgan fingerprint density at radius 1 is 0.750 bits per heavy atom. The van der Waals surface area contributed by atoms with Gasteiger partial charge in [-0.3, -0.25) is 19.3 Å². The van der Waals surface area contributed by atoms with Crippen molar-refractivity contribution >= 4 is 29.6 Å². The number of amides is 3. The van der Waals surface area contributed by atoms with E-state index in [1.54, 1.807) is 9.80 Å². The number of hydrogen-bond acceptors (Lipinski definition) is 5. The first kappa shape index (κ1) is 31.9. The number of carbonyl (C=O) groups excluding carboxylic acids is 3. The van der Waals surface area contributed by atoms with Crippen LogP contribution in [0.25, 0.3) is 0 Å². The van der Waals surface area contributed by atoms with Gasteiger partial charge in [0.25, 0.3) is 0 Å². The molecule has 0 radical (unpaired) electrons. The first-order valence-electron chi connectivity index (χ1n) is 17.4. The fourth-order valence-electron chi connectivity index (χ4n) is 8.21. The summed E-state index contributed by atoms with van der Waals surface area (Å²) in [6, 6.07) is 22.0. The van der Waals surface area contributed by atoms with Gasteiger partial charge in [-0.2, -0.15) is 0 Å². The van der Waals surface area contributed by atoms with E-state index < -0.39 is 24.1 Å². The summed E-state index contributed by atoms with van der Waals surface area (Å²) < 4.78 is 6.03. The van der Waals surface area contributed by atoms with Crippen molar-refractivity contribution in [2.45, 2.75) is 101 Å². The molecule has 2 aliphatic carbocycles. The van der Waals surface area contributed by atoms with Gasteiger partial charge in [0.15, 0.2) is 0 Å². The molecule has 7 rings (SSSR count). The first-order valence-corrected chi connectivity index (χ1v) is 17.4. The van der Waals surface area contributed by atoms with E-state index in [0.717, 1.165) is 60.8 Å². The molecule has 0 unspecified atom stereocenters. The number of fused-ring (bicyclic) bond motifs is 3. The number of benzene rings is 3. The van der Waals surface area contributed by atoms with Crippen molar-refractivity contribution in [2.24, 2.45) is 0 Å². The summed E-state index contributed by atoms with van der Waals surface area (Å²) >= 11 is 0. The number of nitrogens with zero attached hydrogens (tertiary/aromatic N) is 3. The topological polar surface area (TPSA) is 107 Å². The van der Waals surface area contributed by atoms with E-state index in [1.807, 2.05) is 60.7 Å². The highest BCUT2D eigenvalue weighted by atomic mass is 16.6. The Kier molecular flexibility index (Phi) is 9.19. The van der Waals surface area contributed by atoms with E-state index >= 15 is 0 Å². The Morgan fingerprint density at radius 3 is 2.12 bits per heavy atom. The van der Waals surface area contributed by atoms with Crippen LogP contribution in [0, 0.1) is 0 Å². The molecule has 1 fully saturated rings. The van der Waals surface area contributed by atoms with Crippen LogP contribution < -0.4 is 4.90 Å². The lowest BCUT2D eigenvalue weighted by Gasteiger charge is -2.41. The third-order valence-corrected chi connectivity index (χ3v) is 10.7. The van der Waals surface area contributed by atoms with Gasteiger partial charge in [0.2, 0.25) is 11.8 Å². The van der Waals surface area contributed by atoms with Crippen molar-refractivity contribution in [2.75, 3.05) is 11.4 Å². The van der Waals surface area contributed by atoms with Crippen molar-refractivity contribution in [3.8, 4) is 0 Å². The average molecular weight is 650 g/mol. The van der Waals surface area contributed by atoms with E-state index in [0.29, 0.717) is 31.4 Å². The first-order chi connectivity index (χ1) is 23.4. The molecule has 1 N–H and O–H groups in total. The number of para-hydroxylation sites is 1. The Hall–Kier alpha value is -4.66. The highest BCUT2D eigenvalue weighted by Gasteiger charge is 2.44. The molecule has 0 aromatic heterocycles. The quantitative estimate of drug-likeness (QED) is 0.352. The molecule has 3 atom stereocenters. The zero-order chi connectivity index (χ0) is 33.2. The lowest BCUT2D eigenvalue weighted by Crippen LogP contribution is -2.57. The maximum Gasteiger partial charge on any atom is 0.415 e. The van der Waals surface area contributed by atoms with Crippen molar-refractivity contribution in [1.29, 1.82) is 0 Å². The second-order valence-electron chi connectivity index (χ2n) is 13.7. The standard InChI is InChI=1S/C39H43N3O6/c43-36(40-24-30-14-7-6-12-28(30)21-32(40)23-37(44)45)25-41(31-19-18-26-10-4-5-11-27(26)20-31)38(46)35-22-29-13-8-9-17-34(29)42(35)39(47)48-33-15-2-1-3-16-33/h4-14,17,31-33,35H,1-3,15-16,18-25H2,(H,44,45)/t31-,32-,35-/m1/s1. The molecule has 3 amide bonds. The summed E-state index contributed by atoms with van der Waals surface area (Å²) in [6.07, 6.45) is 6.77. The van der Waals surface area contributed by atoms with Crippen LogP contribution in [0.15, 0.2) is 72.8 Å². The average Bonchev–Trinajstić information content (AvgIpc) is 3.50. The van der Waals surface area contributed by atoms with Crippen LogP contribution in [-0.2, 0) is 51.3 Å². The second-order valence-corrected chi connectivity index (χ2v) is 13.7. The minimum atomic E-state index is -0.968. The fourth-order valence-corrected chi connectivity index (χ4v) is 8.21. The zero-order valence-electron chi connectivity index (χ0n) is 27.3. The van der Waals surface area contributed by atoms with E-state index in [9.17, 15) is 24.3 Å². The molecule has 0 saturated heterocycles. The Balaban J connectivity index is 1.20. The smallest absolute Gasteiger partial charge is 0.415 e. The van der Waals surface area contributed by atoms with Gasteiger partial charge in [-0.15, -0.1) is 0 Å². The van der Waals surface area contributed by atoms with Crippen LogP contribution in [0.3, 0.4) is 0 Å². The van der Waals surface area contributed by atoms with Crippen LogP contribution >= 0.6 is 0 Å². The molecule has 48 heavy (non-hydrogen) atoms. The normalized spacial score (nSPS) is 21.9. The van der Waals surface area contributed by atoms with Gasteiger partial charge in [0, 0.05) is 25.0 Å². The minimum Gasteiger partial charge on any atom is -0.481 e. The summed E-state index contributed by atoms with van der Waals surface area (Å²) in [7, 11) is 0. The van der Waals surface area contributed by atoms with Gasteiger partial charge >= 0.3 is 12.1 Å². The van der Waals surface area contributed by atoms with Gasteiger partial charge in [0.1, 0.15) is 18.7 Å². The van der Waals surface area contributed by atoms with Crippen LogP contribution in [0.4, 0.5) is 10.5 Å². The summed E-state index contributed by atoms with van der Waals surface area (Å²) in [5, 5.41) is 9.76. The number of aliphatic carboxylic acids is 1. The number of carboxylic acid groups (broad SMARTS) is 1. The van der Waals surface area contributed by atoms with E-state index in [4.69, 9.17) is 4.74 Å². The van der Waals surface area contributed by atoms with Crippen molar-refractivity contribution < 1.29 is 29.0 Å². The lowest BCUT2D eigenvalue weighted by atomic mass is 9.87. The van der Waals surface area contributed by atoms with Crippen molar-refractivity contribution in [3.63, 3.8) is 0 Å². The zero-order valence-corrected chi connectivity index (χ0v) is 27.3. The highest BCUT2D eigenvalue weighted by molar-refractivity contribution is 6.01. The number of rotatable bonds is 7. The van der Waals surface area contributed by atoms with Gasteiger partial charge < -0.3 is 19.6 Å². The molecule has 250 valence electrons. The number of aryl methyl sites for hydroxylation is 1. The van der Waals surface area contributed by atoms with Gasteiger partial charge in [-0.1, -0.05) is 73.2 Å². The van der Waals surface area contributed by atoms with Crippen LogP contribution in [0.1, 0.15) is 72.8 Å². The molecule has 4 aliphatic rings. The van der Waals surface area contributed by atoms with E-state index in [2.05, 4.69) is 12.1 Å². The van der Waals surface area contributed by atoms with Crippen LogP contribution in [0.5, 0.6) is 0 Å². The lowest BCUT2D eigenvalue weighted by molar-refractivity contribution is -0.147. The number of hydrogen-bond donors (Lipinski definition) is 1. The summed E-state index contributed by atoms with van der Waals surface area (Å²) in [5.41, 5.74) is 5.99. The molecule has 0 spiro atoms. The summed E-state index contributed by atoms with van der Waals surface area (Å²) in [4.78, 5) is 59.9. The maximum atomic E-state index is 14.9. The SMILES string of the molecule is O=C(O)C[C@H]1Cc2ccccc2CN1C(=O)CN(C(=O)[C@H]1Cc2ccccc2N1C(=O)OC1CCCCC1)[C@@H]1CCc2ccccc2C1. The molecule has 2 aliphatic heterocycles. The predicted molar refractivity (Wildman–Crippen MR) is 180 cm³/mol. The number of carboxylic acids is 1. The molecule has 3 aromatic carbocycles. The van der Waals surface area contributed by atoms with Crippen molar-refractivity contribution in [3.05, 3.63) is 101 Å². The monoisotopic (exact) mass is 649 g/mol. The highest BCUT2D eigenvalue weighted by Crippen LogP contribution is 2.36. The van der Waals surface area contributed by atoms with Crippen molar-refractivity contribution in [1.82, 2.24) is 9.80 Å². The molecule has 2 heterocycles.